The number of rotatable bonds is 5. The van der Waals surface area contributed by atoms with Crippen molar-refractivity contribution in [3.63, 3.8) is 0 Å². The Morgan fingerprint density at radius 3 is 1.71 bits per heavy atom. The zero-order valence-corrected chi connectivity index (χ0v) is 18.1. The summed E-state index contributed by atoms with van der Waals surface area (Å²) in [5.74, 6) is 0.567. The Kier molecular flexibility index (Phi) is 5.18. The Morgan fingerprint density at radius 2 is 1.13 bits per heavy atom. The van der Waals surface area contributed by atoms with Crippen LogP contribution in [0, 0.1) is 0 Å². The Labute approximate surface area is 184 Å². The number of anilines is 3. The average Bonchev–Trinajstić information content (AvgIpc) is 2.84. The van der Waals surface area contributed by atoms with E-state index in [-0.39, 0.29) is 0 Å². The van der Waals surface area contributed by atoms with Crippen LogP contribution in [-0.2, 0) is 0 Å². The lowest BCUT2D eigenvalue weighted by atomic mass is 9.97. The molecule has 1 nitrogen and oxygen atoms in total. The number of hydrogen-bond acceptors (Lipinski definition) is 1. The van der Waals surface area contributed by atoms with Crippen LogP contribution in [0.1, 0.15) is 31.7 Å². The third-order valence-corrected chi connectivity index (χ3v) is 6.31. The minimum absolute atomic E-state index is 0.567. The molecule has 0 fully saturated rings. The molecule has 0 aliphatic heterocycles. The van der Waals surface area contributed by atoms with E-state index < -0.39 is 0 Å². The van der Waals surface area contributed by atoms with Crippen molar-refractivity contribution >= 4 is 38.6 Å². The highest BCUT2D eigenvalue weighted by Crippen LogP contribution is 2.43. The van der Waals surface area contributed by atoms with Crippen molar-refractivity contribution in [3.05, 3.63) is 115 Å². The van der Waals surface area contributed by atoms with Gasteiger partial charge in [0.2, 0.25) is 0 Å². The van der Waals surface area contributed by atoms with Crippen LogP contribution in [0.25, 0.3) is 21.5 Å². The summed E-state index contributed by atoms with van der Waals surface area (Å²) in [5.41, 5.74) is 4.97. The summed E-state index contributed by atoms with van der Waals surface area (Å²) in [6, 6.07) is 39.5. The van der Waals surface area contributed by atoms with E-state index in [2.05, 4.69) is 128 Å². The summed E-state index contributed by atoms with van der Waals surface area (Å²) in [7, 11) is 0. The Hall–Kier alpha value is -3.58. The van der Waals surface area contributed by atoms with Gasteiger partial charge in [0.25, 0.3) is 0 Å². The number of benzene rings is 5. The molecule has 0 aliphatic rings. The summed E-state index contributed by atoms with van der Waals surface area (Å²) in [6.07, 6.45) is 1.15. The van der Waals surface area contributed by atoms with Crippen LogP contribution in [-0.4, -0.2) is 0 Å². The first-order valence-electron chi connectivity index (χ1n) is 11.1. The molecule has 0 aliphatic carbocycles. The lowest BCUT2D eigenvalue weighted by Crippen LogP contribution is -2.11. The van der Waals surface area contributed by atoms with E-state index in [1.807, 2.05) is 0 Å². The molecule has 0 bridgehead atoms. The van der Waals surface area contributed by atoms with Crippen LogP contribution < -0.4 is 4.90 Å². The molecule has 0 heterocycles. The second kappa shape index (κ2) is 8.28. The lowest BCUT2D eigenvalue weighted by Gasteiger charge is -2.28. The average molecular weight is 402 g/mol. The zero-order chi connectivity index (χ0) is 21.2. The van der Waals surface area contributed by atoms with Gasteiger partial charge in [-0.05, 0) is 59.0 Å². The topological polar surface area (TPSA) is 3.24 Å². The van der Waals surface area contributed by atoms with E-state index >= 15 is 0 Å². The fraction of sp³-hybridized carbons (Fsp3) is 0.133. The Bertz CT molecular complexity index is 1270. The molecule has 31 heavy (non-hydrogen) atoms. The maximum Gasteiger partial charge on any atom is 0.0618 e. The van der Waals surface area contributed by atoms with Crippen molar-refractivity contribution in [2.75, 3.05) is 4.90 Å². The molecule has 152 valence electrons. The molecule has 0 aromatic heterocycles. The third kappa shape index (κ3) is 3.57. The predicted octanol–water partition coefficient (Wildman–Crippen LogP) is 8.98. The van der Waals surface area contributed by atoms with Crippen molar-refractivity contribution < 1.29 is 0 Å². The SMILES string of the molecule is CCC(C)c1ccc(N(c2ccccc2)c2c3ccccc3cc3ccccc23)cc1. The lowest BCUT2D eigenvalue weighted by molar-refractivity contribution is 0.733. The van der Waals surface area contributed by atoms with Gasteiger partial charge in [0.15, 0.2) is 0 Å². The van der Waals surface area contributed by atoms with E-state index in [1.165, 1.54) is 44.2 Å². The van der Waals surface area contributed by atoms with Crippen LogP contribution in [0.5, 0.6) is 0 Å². The van der Waals surface area contributed by atoms with Gasteiger partial charge in [-0.25, -0.2) is 0 Å². The van der Waals surface area contributed by atoms with Gasteiger partial charge in [0, 0.05) is 22.1 Å². The van der Waals surface area contributed by atoms with Crippen molar-refractivity contribution in [1.82, 2.24) is 0 Å². The maximum atomic E-state index is 2.41. The monoisotopic (exact) mass is 401 g/mol. The van der Waals surface area contributed by atoms with Crippen LogP contribution in [0.3, 0.4) is 0 Å². The number of nitrogens with zero attached hydrogens (tertiary/aromatic N) is 1. The summed E-state index contributed by atoms with van der Waals surface area (Å²) in [6.45, 7) is 4.54. The van der Waals surface area contributed by atoms with E-state index in [4.69, 9.17) is 0 Å². The summed E-state index contributed by atoms with van der Waals surface area (Å²) in [5, 5.41) is 5.04. The van der Waals surface area contributed by atoms with Gasteiger partial charge in [-0.1, -0.05) is 92.7 Å². The third-order valence-electron chi connectivity index (χ3n) is 6.31. The molecular formula is C30H27N. The fourth-order valence-corrected chi connectivity index (χ4v) is 4.40. The Morgan fingerprint density at radius 1 is 0.613 bits per heavy atom. The molecule has 1 heteroatoms. The van der Waals surface area contributed by atoms with E-state index in [9.17, 15) is 0 Å². The summed E-state index contributed by atoms with van der Waals surface area (Å²) in [4.78, 5) is 2.41. The van der Waals surface area contributed by atoms with Gasteiger partial charge in [-0.15, -0.1) is 0 Å². The molecule has 5 aromatic carbocycles. The molecule has 0 amide bonds. The van der Waals surface area contributed by atoms with Crippen LogP contribution >= 0.6 is 0 Å². The molecule has 1 unspecified atom stereocenters. The van der Waals surface area contributed by atoms with E-state index in [0.717, 1.165) is 6.42 Å². The van der Waals surface area contributed by atoms with Gasteiger partial charge in [-0.2, -0.15) is 0 Å². The first-order valence-corrected chi connectivity index (χ1v) is 11.1. The van der Waals surface area contributed by atoms with Gasteiger partial charge in [0.05, 0.1) is 5.69 Å². The summed E-state index contributed by atoms with van der Waals surface area (Å²) < 4.78 is 0. The van der Waals surface area contributed by atoms with Gasteiger partial charge < -0.3 is 4.90 Å². The normalized spacial score (nSPS) is 12.2. The molecule has 0 N–H and O–H groups in total. The fourth-order valence-electron chi connectivity index (χ4n) is 4.40. The predicted molar refractivity (Wildman–Crippen MR) is 135 cm³/mol. The number of para-hydroxylation sites is 1. The largest absolute Gasteiger partial charge is 0.309 e. The first-order chi connectivity index (χ1) is 15.3. The van der Waals surface area contributed by atoms with Gasteiger partial charge in [-0.3, -0.25) is 0 Å². The van der Waals surface area contributed by atoms with Gasteiger partial charge >= 0.3 is 0 Å². The van der Waals surface area contributed by atoms with Crippen molar-refractivity contribution in [2.45, 2.75) is 26.2 Å². The van der Waals surface area contributed by atoms with Crippen LogP contribution in [0.4, 0.5) is 17.1 Å². The van der Waals surface area contributed by atoms with Crippen molar-refractivity contribution in [3.8, 4) is 0 Å². The van der Waals surface area contributed by atoms with Crippen molar-refractivity contribution in [1.29, 1.82) is 0 Å². The van der Waals surface area contributed by atoms with Crippen LogP contribution in [0.2, 0.25) is 0 Å². The minimum atomic E-state index is 0.567. The molecular weight excluding hydrogens is 374 g/mol. The second-order valence-electron chi connectivity index (χ2n) is 8.24. The zero-order valence-electron chi connectivity index (χ0n) is 18.1. The Balaban J connectivity index is 1.81. The quantitative estimate of drug-likeness (QED) is 0.266. The molecule has 1 atom stereocenters. The highest BCUT2D eigenvalue weighted by atomic mass is 15.1. The molecule has 5 aromatic rings. The maximum absolute atomic E-state index is 2.41. The summed E-state index contributed by atoms with van der Waals surface area (Å²) >= 11 is 0. The smallest absolute Gasteiger partial charge is 0.0618 e. The van der Waals surface area contributed by atoms with E-state index in [0.29, 0.717) is 5.92 Å². The van der Waals surface area contributed by atoms with Crippen LogP contribution in [0.15, 0.2) is 109 Å². The highest BCUT2D eigenvalue weighted by molar-refractivity contribution is 6.14. The number of fused-ring (bicyclic) bond motifs is 2. The molecule has 0 saturated carbocycles. The molecule has 5 rings (SSSR count). The highest BCUT2D eigenvalue weighted by Gasteiger charge is 2.18. The number of hydrogen-bond donors (Lipinski definition) is 0. The van der Waals surface area contributed by atoms with Gasteiger partial charge in [0.1, 0.15) is 0 Å². The molecule has 0 spiro atoms. The van der Waals surface area contributed by atoms with Crippen molar-refractivity contribution in [2.24, 2.45) is 0 Å². The minimum Gasteiger partial charge on any atom is -0.309 e. The van der Waals surface area contributed by atoms with E-state index in [1.54, 1.807) is 0 Å². The molecule has 0 radical (unpaired) electrons. The standard InChI is InChI=1S/C30H27N/c1-3-22(2)23-17-19-27(20-18-23)31(26-13-5-4-6-14-26)30-28-15-9-7-11-24(28)21-25-12-8-10-16-29(25)30/h4-22H,3H2,1-2H3. The first kappa shape index (κ1) is 19.4. The second-order valence-corrected chi connectivity index (χ2v) is 8.24. The molecule has 0 saturated heterocycles.